The Bertz CT molecular complexity index is 1480. The van der Waals surface area contributed by atoms with Gasteiger partial charge in [0.15, 0.2) is 6.61 Å². The van der Waals surface area contributed by atoms with E-state index in [0.29, 0.717) is 28.0 Å². The normalized spacial score (nSPS) is 11.2. The molecule has 0 aliphatic rings. The van der Waals surface area contributed by atoms with E-state index < -0.39 is 11.9 Å². The molecule has 0 bridgehead atoms. The Balaban J connectivity index is 1.50. The molecule has 0 saturated heterocycles. The zero-order chi connectivity index (χ0) is 26.4. The summed E-state index contributed by atoms with van der Waals surface area (Å²) in [6.45, 7) is 5.94. The molecule has 0 atom stereocenters. The number of benzene rings is 4. The summed E-state index contributed by atoms with van der Waals surface area (Å²) in [5.41, 5.74) is 5.36. The number of hydrogen-bond acceptors (Lipinski definition) is 5. The number of nitrogens with one attached hydrogen (secondary N) is 1. The molecule has 4 aromatic rings. The Kier molecular flexibility index (Phi) is 8.21. The summed E-state index contributed by atoms with van der Waals surface area (Å²) < 4.78 is 11.4. The second kappa shape index (κ2) is 11.7. The van der Waals surface area contributed by atoms with E-state index in [-0.39, 0.29) is 12.2 Å². The van der Waals surface area contributed by atoms with Crippen LogP contribution in [0.1, 0.15) is 46.8 Å². The van der Waals surface area contributed by atoms with E-state index in [1.54, 1.807) is 30.3 Å². The van der Waals surface area contributed by atoms with Gasteiger partial charge in [0.25, 0.3) is 5.91 Å². The van der Waals surface area contributed by atoms with Crippen molar-refractivity contribution in [3.8, 4) is 11.5 Å². The van der Waals surface area contributed by atoms with E-state index in [1.807, 2.05) is 49.4 Å². The van der Waals surface area contributed by atoms with E-state index in [9.17, 15) is 9.59 Å². The number of carbonyl (C=O) groups excluding carboxylic acids is 2. The lowest BCUT2D eigenvalue weighted by Crippen LogP contribution is -2.24. The second-order valence-electron chi connectivity index (χ2n) is 8.83. The van der Waals surface area contributed by atoms with E-state index in [1.165, 1.54) is 6.21 Å². The minimum absolute atomic E-state index is 0.191. The molecule has 0 aromatic heterocycles. The van der Waals surface area contributed by atoms with Gasteiger partial charge in [0, 0.05) is 5.56 Å². The first-order chi connectivity index (χ1) is 17.8. The molecule has 37 heavy (non-hydrogen) atoms. The van der Waals surface area contributed by atoms with Crippen LogP contribution in [0.2, 0.25) is 5.02 Å². The molecule has 7 heteroatoms. The molecule has 0 aliphatic carbocycles. The summed E-state index contributed by atoms with van der Waals surface area (Å²) in [4.78, 5) is 25.2. The standard InChI is InChI=1S/C30H27ClN2O4/c1-19(2)22-13-12-20(3)28(16-22)36-18-29(34)33-32-17-25-23-9-5-4-8-21(23)14-15-27(25)37-30(35)24-10-6-7-11-26(24)31/h4-17,19H,18H2,1-3H3,(H,33,34)/b32-17+. The fourth-order valence-electron chi connectivity index (χ4n) is 3.76. The third kappa shape index (κ3) is 6.35. The van der Waals surface area contributed by atoms with Gasteiger partial charge < -0.3 is 9.47 Å². The van der Waals surface area contributed by atoms with Crippen LogP contribution in [0.25, 0.3) is 10.8 Å². The summed E-state index contributed by atoms with van der Waals surface area (Å²) in [6, 6.07) is 23.8. The first-order valence-corrected chi connectivity index (χ1v) is 12.2. The number of hydrazone groups is 1. The molecule has 0 heterocycles. The van der Waals surface area contributed by atoms with Crippen molar-refractivity contribution in [1.82, 2.24) is 5.43 Å². The molecule has 1 amide bonds. The maximum Gasteiger partial charge on any atom is 0.345 e. The third-order valence-corrected chi connectivity index (χ3v) is 6.18. The van der Waals surface area contributed by atoms with Crippen molar-refractivity contribution in [3.05, 3.63) is 106 Å². The van der Waals surface area contributed by atoms with Gasteiger partial charge >= 0.3 is 5.97 Å². The summed E-state index contributed by atoms with van der Waals surface area (Å²) in [5, 5.41) is 6.14. The Hall–Kier alpha value is -4.16. The van der Waals surface area contributed by atoms with E-state index >= 15 is 0 Å². The van der Waals surface area contributed by atoms with Crippen molar-refractivity contribution in [1.29, 1.82) is 0 Å². The highest BCUT2D eigenvalue weighted by molar-refractivity contribution is 6.33. The second-order valence-corrected chi connectivity index (χ2v) is 9.24. The van der Waals surface area contributed by atoms with Crippen LogP contribution < -0.4 is 14.9 Å². The van der Waals surface area contributed by atoms with Crippen LogP contribution in [0.5, 0.6) is 11.5 Å². The number of aryl methyl sites for hydroxylation is 1. The van der Waals surface area contributed by atoms with Crippen LogP contribution in [0, 0.1) is 6.92 Å². The van der Waals surface area contributed by atoms with Crippen molar-refractivity contribution in [2.75, 3.05) is 6.61 Å². The Morgan fingerprint density at radius 2 is 1.73 bits per heavy atom. The van der Waals surface area contributed by atoms with Gasteiger partial charge in [0.1, 0.15) is 11.5 Å². The van der Waals surface area contributed by atoms with Crippen LogP contribution in [-0.2, 0) is 4.79 Å². The number of ether oxygens (including phenoxy) is 2. The summed E-state index contributed by atoms with van der Waals surface area (Å²) in [5.74, 6) is 0.294. The van der Waals surface area contributed by atoms with Gasteiger partial charge in [0.05, 0.1) is 16.8 Å². The molecule has 0 unspecified atom stereocenters. The van der Waals surface area contributed by atoms with Gasteiger partial charge in [-0.2, -0.15) is 5.10 Å². The van der Waals surface area contributed by atoms with Crippen LogP contribution >= 0.6 is 11.6 Å². The molecule has 0 spiro atoms. The molecule has 0 fully saturated rings. The highest BCUT2D eigenvalue weighted by Crippen LogP contribution is 2.28. The van der Waals surface area contributed by atoms with E-state index in [0.717, 1.165) is 21.9 Å². The first kappa shape index (κ1) is 25.9. The quantitative estimate of drug-likeness (QED) is 0.123. The lowest BCUT2D eigenvalue weighted by atomic mass is 10.0. The predicted octanol–water partition coefficient (Wildman–Crippen LogP) is 6.67. The Morgan fingerprint density at radius 3 is 2.51 bits per heavy atom. The van der Waals surface area contributed by atoms with Crippen LogP contribution in [-0.4, -0.2) is 24.7 Å². The minimum atomic E-state index is -0.591. The molecule has 6 nitrogen and oxygen atoms in total. The largest absolute Gasteiger partial charge is 0.483 e. The number of amides is 1. The van der Waals surface area contributed by atoms with E-state index in [4.69, 9.17) is 21.1 Å². The minimum Gasteiger partial charge on any atom is -0.483 e. The highest BCUT2D eigenvalue weighted by Gasteiger charge is 2.16. The van der Waals surface area contributed by atoms with Gasteiger partial charge in [0.2, 0.25) is 0 Å². The molecular weight excluding hydrogens is 488 g/mol. The first-order valence-electron chi connectivity index (χ1n) is 11.9. The number of carbonyl (C=O) groups is 2. The van der Waals surface area contributed by atoms with Gasteiger partial charge in [-0.1, -0.05) is 80.0 Å². The molecule has 0 saturated carbocycles. The number of halogens is 1. The van der Waals surface area contributed by atoms with Crippen molar-refractivity contribution in [3.63, 3.8) is 0 Å². The topological polar surface area (TPSA) is 77.0 Å². The third-order valence-electron chi connectivity index (χ3n) is 5.85. The van der Waals surface area contributed by atoms with Gasteiger partial charge in [-0.3, -0.25) is 4.79 Å². The van der Waals surface area contributed by atoms with Gasteiger partial charge in [-0.25, -0.2) is 10.2 Å². The maximum absolute atomic E-state index is 12.8. The van der Waals surface area contributed by atoms with Gasteiger partial charge in [-0.15, -0.1) is 0 Å². The van der Waals surface area contributed by atoms with Crippen molar-refractivity contribution < 1.29 is 19.1 Å². The monoisotopic (exact) mass is 514 g/mol. The SMILES string of the molecule is Cc1ccc(C(C)C)cc1OCC(=O)N/N=C/c1c(OC(=O)c2ccccc2Cl)ccc2ccccc12. The predicted molar refractivity (Wildman–Crippen MR) is 147 cm³/mol. The van der Waals surface area contributed by atoms with Gasteiger partial charge in [-0.05, 0) is 59.0 Å². The zero-order valence-electron chi connectivity index (χ0n) is 20.8. The number of rotatable bonds is 8. The lowest BCUT2D eigenvalue weighted by Gasteiger charge is -2.12. The highest BCUT2D eigenvalue weighted by atomic mass is 35.5. The van der Waals surface area contributed by atoms with Crippen molar-refractivity contribution in [2.45, 2.75) is 26.7 Å². The molecule has 1 N–H and O–H groups in total. The van der Waals surface area contributed by atoms with Crippen LogP contribution in [0.4, 0.5) is 0 Å². The lowest BCUT2D eigenvalue weighted by molar-refractivity contribution is -0.123. The van der Waals surface area contributed by atoms with Crippen molar-refractivity contribution in [2.24, 2.45) is 5.10 Å². The molecule has 4 aromatic carbocycles. The molecular formula is C30H27ClN2O4. The molecule has 0 aliphatic heterocycles. The fourth-order valence-corrected chi connectivity index (χ4v) is 3.97. The summed E-state index contributed by atoms with van der Waals surface area (Å²) in [7, 11) is 0. The van der Waals surface area contributed by atoms with Crippen LogP contribution in [0.15, 0.2) is 84.0 Å². The average Bonchev–Trinajstić information content (AvgIpc) is 2.89. The molecule has 4 rings (SSSR count). The molecule has 0 radical (unpaired) electrons. The number of fused-ring (bicyclic) bond motifs is 1. The summed E-state index contributed by atoms with van der Waals surface area (Å²) >= 11 is 6.16. The summed E-state index contributed by atoms with van der Waals surface area (Å²) in [6.07, 6.45) is 1.46. The average molecular weight is 515 g/mol. The zero-order valence-corrected chi connectivity index (χ0v) is 21.6. The smallest absolute Gasteiger partial charge is 0.345 e. The van der Waals surface area contributed by atoms with Crippen molar-refractivity contribution >= 4 is 40.5 Å². The number of hydrogen-bond donors (Lipinski definition) is 1. The fraction of sp³-hybridized carbons (Fsp3) is 0.167. The Labute approximate surface area is 220 Å². The maximum atomic E-state index is 12.8. The van der Waals surface area contributed by atoms with E-state index in [2.05, 4.69) is 30.4 Å². The Morgan fingerprint density at radius 1 is 0.973 bits per heavy atom. The number of nitrogens with zero attached hydrogens (tertiary/aromatic N) is 1. The number of esters is 1. The molecule has 188 valence electrons. The van der Waals surface area contributed by atoms with Crippen LogP contribution in [0.3, 0.4) is 0 Å².